The summed E-state index contributed by atoms with van der Waals surface area (Å²) in [6, 6.07) is 12.7. The Morgan fingerprint density at radius 3 is 2.48 bits per heavy atom. The highest BCUT2D eigenvalue weighted by atomic mass is 35.5. The number of fused-ring (bicyclic) bond motifs is 1. The lowest BCUT2D eigenvalue weighted by Crippen LogP contribution is -2.29. The van der Waals surface area contributed by atoms with Crippen molar-refractivity contribution < 1.29 is 14.3 Å². The minimum Gasteiger partial charge on any atom is -0.449 e. The van der Waals surface area contributed by atoms with Gasteiger partial charge in [-0.05, 0) is 42.3 Å². The van der Waals surface area contributed by atoms with Crippen LogP contribution in [0.1, 0.15) is 49.7 Å². The molecule has 7 heteroatoms. The maximum atomic E-state index is 13.0. The van der Waals surface area contributed by atoms with E-state index in [0.29, 0.717) is 27.8 Å². The predicted molar refractivity (Wildman–Crippen MR) is 112 cm³/mol. The van der Waals surface area contributed by atoms with E-state index in [9.17, 15) is 4.79 Å². The van der Waals surface area contributed by atoms with E-state index in [1.165, 1.54) is 0 Å². The van der Waals surface area contributed by atoms with Gasteiger partial charge in [0, 0.05) is 30.6 Å². The highest BCUT2D eigenvalue weighted by Crippen LogP contribution is 2.40. The molecular formula is C22H22ClN3O3. The molecule has 0 aliphatic carbocycles. The Labute approximate surface area is 174 Å². The SMILES string of the molecule is CC(C)c1c(C(=O)Nc2ccc3c(c2)OC(C)(C)O3)cnn1-c1ccc(Cl)cc1. The zero-order valence-electron chi connectivity index (χ0n) is 16.7. The number of nitrogens with one attached hydrogen (secondary N) is 1. The van der Waals surface area contributed by atoms with Crippen LogP contribution in [-0.2, 0) is 0 Å². The molecule has 2 heterocycles. The standard InChI is InChI=1S/C22H22ClN3O3/c1-13(2)20-17(12-24-26(20)16-8-5-14(23)6-9-16)21(27)25-15-7-10-18-19(11-15)29-22(3,4)28-18/h5-13H,1-4H3,(H,25,27). The van der Waals surface area contributed by atoms with Crippen molar-refractivity contribution in [3.05, 3.63) is 64.9 Å². The second-order valence-corrected chi connectivity index (χ2v) is 8.14. The summed E-state index contributed by atoms with van der Waals surface area (Å²) in [5.41, 5.74) is 2.83. The van der Waals surface area contributed by atoms with Crippen molar-refractivity contribution in [2.45, 2.75) is 39.4 Å². The number of carbonyl (C=O) groups excluding carboxylic acids is 1. The van der Waals surface area contributed by atoms with E-state index < -0.39 is 5.79 Å². The molecule has 1 aliphatic rings. The van der Waals surface area contributed by atoms with Crippen molar-refractivity contribution in [2.75, 3.05) is 5.32 Å². The van der Waals surface area contributed by atoms with Crippen LogP contribution in [0.5, 0.6) is 11.5 Å². The molecule has 3 aromatic rings. The number of nitrogens with zero attached hydrogens (tertiary/aromatic N) is 2. The number of anilines is 1. The second-order valence-electron chi connectivity index (χ2n) is 7.71. The van der Waals surface area contributed by atoms with Crippen molar-refractivity contribution in [3.8, 4) is 17.2 Å². The van der Waals surface area contributed by atoms with Crippen LogP contribution in [0.15, 0.2) is 48.7 Å². The molecule has 0 bridgehead atoms. The Hall–Kier alpha value is -2.99. The first-order valence-electron chi connectivity index (χ1n) is 9.41. The Balaban J connectivity index is 1.62. The van der Waals surface area contributed by atoms with Crippen LogP contribution in [0.4, 0.5) is 5.69 Å². The number of halogens is 1. The molecule has 1 amide bonds. The normalized spacial score (nSPS) is 14.3. The third-order valence-corrected chi connectivity index (χ3v) is 4.83. The number of amides is 1. The van der Waals surface area contributed by atoms with Gasteiger partial charge < -0.3 is 14.8 Å². The van der Waals surface area contributed by atoms with E-state index >= 15 is 0 Å². The summed E-state index contributed by atoms with van der Waals surface area (Å²) in [4.78, 5) is 13.0. The van der Waals surface area contributed by atoms with Gasteiger partial charge in [0.25, 0.3) is 5.91 Å². The summed E-state index contributed by atoms with van der Waals surface area (Å²) >= 11 is 5.99. The van der Waals surface area contributed by atoms with Gasteiger partial charge in [-0.3, -0.25) is 4.79 Å². The fourth-order valence-corrected chi connectivity index (χ4v) is 3.50. The summed E-state index contributed by atoms with van der Waals surface area (Å²) in [5.74, 6) is 0.411. The number of benzene rings is 2. The third-order valence-electron chi connectivity index (χ3n) is 4.58. The molecule has 0 spiro atoms. The fourth-order valence-electron chi connectivity index (χ4n) is 3.38. The van der Waals surface area contributed by atoms with Crippen LogP contribution in [0, 0.1) is 0 Å². The maximum absolute atomic E-state index is 13.0. The number of ether oxygens (including phenoxy) is 2. The zero-order valence-corrected chi connectivity index (χ0v) is 17.4. The van der Waals surface area contributed by atoms with Gasteiger partial charge in [0.05, 0.1) is 23.1 Å². The first kappa shape index (κ1) is 19.3. The van der Waals surface area contributed by atoms with E-state index in [1.54, 1.807) is 41.2 Å². The predicted octanol–water partition coefficient (Wildman–Crippen LogP) is 5.41. The summed E-state index contributed by atoms with van der Waals surface area (Å²) in [6.07, 6.45) is 1.59. The highest BCUT2D eigenvalue weighted by molar-refractivity contribution is 6.30. The topological polar surface area (TPSA) is 65.4 Å². The molecule has 0 fully saturated rings. The summed E-state index contributed by atoms with van der Waals surface area (Å²) in [7, 11) is 0. The number of carbonyl (C=O) groups is 1. The molecule has 4 rings (SSSR count). The van der Waals surface area contributed by atoms with Gasteiger partial charge in [-0.1, -0.05) is 25.4 Å². The molecule has 0 atom stereocenters. The molecule has 1 N–H and O–H groups in total. The second kappa shape index (κ2) is 7.12. The van der Waals surface area contributed by atoms with Crippen LogP contribution in [-0.4, -0.2) is 21.5 Å². The number of hydrogen-bond acceptors (Lipinski definition) is 4. The van der Waals surface area contributed by atoms with Gasteiger partial charge in [-0.25, -0.2) is 4.68 Å². The zero-order chi connectivity index (χ0) is 20.8. The van der Waals surface area contributed by atoms with Gasteiger partial charge in [0.2, 0.25) is 5.79 Å². The van der Waals surface area contributed by atoms with Crippen molar-refractivity contribution in [1.29, 1.82) is 0 Å². The first-order valence-corrected chi connectivity index (χ1v) is 9.78. The lowest BCUT2D eigenvalue weighted by molar-refractivity contribution is -0.0431. The smallest absolute Gasteiger partial charge is 0.259 e. The summed E-state index contributed by atoms with van der Waals surface area (Å²) in [6.45, 7) is 7.74. The minimum atomic E-state index is -0.713. The molecule has 1 aliphatic heterocycles. The maximum Gasteiger partial charge on any atom is 0.259 e. The van der Waals surface area contributed by atoms with Crippen LogP contribution < -0.4 is 14.8 Å². The lowest BCUT2D eigenvalue weighted by atomic mass is 10.0. The molecule has 0 saturated carbocycles. The van der Waals surface area contributed by atoms with Crippen LogP contribution in [0.25, 0.3) is 5.69 Å². The Morgan fingerprint density at radius 1 is 1.10 bits per heavy atom. The number of aromatic nitrogens is 2. The lowest BCUT2D eigenvalue weighted by Gasteiger charge is -2.16. The van der Waals surface area contributed by atoms with Crippen molar-refractivity contribution in [2.24, 2.45) is 0 Å². The summed E-state index contributed by atoms with van der Waals surface area (Å²) in [5, 5.41) is 8.03. The molecule has 2 aromatic carbocycles. The third kappa shape index (κ3) is 3.80. The molecule has 150 valence electrons. The Morgan fingerprint density at radius 2 is 1.79 bits per heavy atom. The van der Waals surface area contributed by atoms with Crippen molar-refractivity contribution >= 4 is 23.2 Å². The Bertz CT molecular complexity index is 1070. The Kier molecular flexibility index (Phi) is 4.74. The number of hydrogen-bond donors (Lipinski definition) is 1. The average molecular weight is 412 g/mol. The first-order chi connectivity index (χ1) is 13.7. The van der Waals surface area contributed by atoms with E-state index in [2.05, 4.69) is 10.4 Å². The van der Waals surface area contributed by atoms with Crippen LogP contribution in [0.3, 0.4) is 0 Å². The molecule has 0 unspecified atom stereocenters. The van der Waals surface area contributed by atoms with Gasteiger partial charge in [0.1, 0.15) is 0 Å². The van der Waals surface area contributed by atoms with Crippen molar-refractivity contribution in [1.82, 2.24) is 9.78 Å². The quantitative estimate of drug-likeness (QED) is 0.623. The molecular weight excluding hydrogens is 390 g/mol. The van der Waals surface area contributed by atoms with E-state index in [1.807, 2.05) is 39.8 Å². The molecule has 0 saturated heterocycles. The fraction of sp³-hybridized carbons (Fsp3) is 0.273. The molecule has 29 heavy (non-hydrogen) atoms. The van der Waals surface area contributed by atoms with E-state index in [-0.39, 0.29) is 11.8 Å². The largest absolute Gasteiger partial charge is 0.449 e. The van der Waals surface area contributed by atoms with Crippen molar-refractivity contribution in [3.63, 3.8) is 0 Å². The highest BCUT2D eigenvalue weighted by Gasteiger charge is 2.32. The van der Waals surface area contributed by atoms with Gasteiger partial charge in [0.15, 0.2) is 11.5 Å². The van der Waals surface area contributed by atoms with Crippen LogP contribution >= 0.6 is 11.6 Å². The molecule has 6 nitrogen and oxygen atoms in total. The van der Waals surface area contributed by atoms with Gasteiger partial charge in [-0.15, -0.1) is 0 Å². The summed E-state index contributed by atoms with van der Waals surface area (Å²) < 4.78 is 13.2. The van der Waals surface area contributed by atoms with Crippen LogP contribution in [0.2, 0.25) is 5.02 Å². The molecule has 0 radical (unpaired) electrons. The average Bonchev–Trinajstić information content (AvgIpc) is 3.22. The van der Waals surface area contributed by atoms with Gasteiger partial charge >= 0.3 is 0 Å². The minimum absolute atomic E-state index is 0.0893. The number of rotatable bonds is 4. The van der Waals surface area contributed by atoms with E-state index in [4.69, 9.17) is 21.1 Å². The van der Waals surface area contributed by atoms with E-state index in [0.717, 1.165) is 11.4 Å². The van der Waals surface area contributed by atoms with Gasteiger partial charge in [-0.2, -0.15) is 5.10 Å². The molecule has 1 aromatic heterocycles. The monoisotopic (exact) mass is 411 g/mol.